The first-order chi connectivity index (χ1) is 9.11. The SMILES string of the molecule is NCc1ccccc1NC(=O)c1ccc(Br)cc1O. The van der Waals surface area contributed by atoms with Crippen LogP contribution >= 0.6 is 15.9 Å². The van der Waals surface area contributed by atoms with E-state index in [2.05, 4.69) is 21.2 Å². The number of phenols is 1. The maximum atomic E-state index is 12.1. The van der Waals surface area contributed by atoms with E-state index in [1.807, 2.05) is 18.2 Å². The lowest BCUT2D eigenvalue weighted by Crippen LogP contribution is -2.14. The molecule has 98 valence electrons. The number of aromatic hydroxyl groups is 1. The molecule has 0 unspecified atom stereocenters. The zero-order chi connectivity index (χ0) is 13.8. The molecule has 2 aromatic carbocycles. The second kappa shape index (κ2) is 5.86. The molecule has 0 fully saturated rings. The molecule has 0 aliphatic rings. The molecular weight excluding hydrogens is 308 g/mol. The number of carbonyl (C=O) groups excluding carboxylic acids is 1. The van der Waals surface area contributed by atoms with Crippen LogP contribution in [0.25, 0.3) is 0 Å². The van der Waals surface area contributed by atoms with Crippen LogP contribution in [0.1, 0.15) is 15.9 Å². The zero-order valence-electron chi connectivity index (χ0n) is 10.1. The Morgan fingerprint density at radius 3 is 2.68 bits per heavy atom. The lowest BCUT2D eigenvalue weighted by atomic mass is 10.1. The average molecular weight is 321 g/mol. The van der Waals surface area contributed by atoms with Gasteiger partial charge in [-0.05, 0) is 29.8 Å². The molecule has 0 saturated carbocycles. The lowest BCUT2D eigenvalue weighted by molar-refractivity contribution is 0.102. The Hall–Kier alpha value is -1.85. The van der Waals surface area contributed by atoms with Gasteiger partial charge in [0.1, 0.15) is 5.75 Å². The molecule has 0 atom stereocenters. The standard InChI is InChI=1S/C14H13BrN2O2/c15-10-5-6-11(13(18)7-10)14(19)17-12-4-2-1-3-9(12)8-16/h1-7,18H,8,16H2,(H,17,19). The van der Waals surface area contributed by atoms with E-state index in [0.717, 1.165) is 5.56 Å². The molecule has 1 amide bonds. The molecule has 5 heteroatoms. The van der Waals surface area contributed by atoms with E-state index >= 15 is 0 Å². The van der Waals surface area contributed by atoms with E-state index in [1.54, 1.807) is 18.2 Å². The van der Waals surface area contributed by atoms with E-state index in [-0.39, 0.29) is 17.2 Å². The largest absolute Gasteiger partial charge is 0.507 e. The van der Waals surface area contributed by atoms with Gasteiger partial charge < -0.3 is 16.2 Å². The minimum absolute atomic E-state index is 0.0721. The van der Waals surface area contributed by atoms with Crippen molar-refractivity contribution in [2.24, 2.45) is 5.73 Å². The summed E-state index contributed by atoms with van der Waals surface area (Å²) in [6, 6.07) is 12.0. The fourth-order valence-electron chi connectivity index (χ4n) is 1.71. The second-order valence-electron chi connectivity index (χ2n) is 3.98. The highest BCUT2D eigenvalue weighted by Gasteiger charge is 2.12. The smallest absolute Gasteiger partial charge is 0.259 e. The highest BCUT2D eigenvalue weighted by Crippen LogP contribution is 2.24. The first-order valence-electron chi connectivity index (χ1n) is 5.69. The van der Waals surface area contributed by atoms with Crippen molar-refractivity contribution >= 4 is 27.5 Å². The molecule has 19 heavy (non-hydrogen) atoms. The number of anilines is 1. The number of rotatable bonds is 3. The van der Waals surface area contributed by atoms with Gasteiger partial charge in [0.25, 0.3) is 5.91 Å². The lowest BCUT2D eigenvalue weighted by Gasteiger charge is -2.10. The highest BCUT2D eigenvalue weighted by atomic mass is 79.9. The maximum absolute atomic E-state index is 12.1. The highest BCUT2D eigenvalue weighted by molar-refractivity contribution is 9.10. The average Bonchev–Trinajstić information content (AvgIpc) is 2.39. The molecule has 2 aromatic rings. The number of hydrogen-bond acceptors (Lipinski definition) is 3. The van der Waals surface area contributed by atoms with E-state index in [4.69, 9.17) is 5.73 Å². The summed E-state index contributed by atoms with van der Waals surface area (Å²) in [5.41, 5.74) is 7.32. The van der Waals surface area contributed by atoms with Gasteiger partial charge in [0, 0.05) is 16.7 Å². The Morgan fingerprint density at radius 2 is 2.00 bits per heavy atom. The Balaban J connectivity index is 2.26. The van der Waals surface area contributed by atoms with Crippen LogP contribution in [-0.2, 0) is 6.54 Å². The van der Waals surface area contributed by atoms with E-state index in [0.29, 0.717) is 16.7 Å². The molecule has 0 radical (unpaired) electrons. The Morgan fingerprint density at radius 1 is 1.26 bits per heavy atom. The number of halogens is 1. The number of nitrogens with one attached hydrogen (secondary N) is 1. The minimum Gasteiger partial charge on any atom is -0.507 e. The van der Waals surface area contributed by atoms with Crippen LogP contribution < -0.4 is 11.1 Å². The Bertz CT molecular complexity index is 614. The summed E-state index contributed by atoms with van der Waals surface area (Å²) in [7, 11) is 0. The first kappa shape index (κ1) is 13.6. The maximum Gasteiger partial charge on any atom is 0.259 e. The molecule has 0 aliphatic carbocycles. The van der Waals surface area contributed by atoms with Crippen molar-refractivity contribution in [3.8, 4) is 5.75 Å². The van der Waals surface area contributed by atoms with Crippen LogP contribution in [-0.4, -0.2) is 11.0 Å². The van der Waals surface area contributed by atoms with Crippen molar-refractivity contribution in [2.75, 3.05) is 5.32 Å². The summed E-state index contributed by atoms with van der Waals surface area (Å²) in [5.74, 6) is -0.442. The zero-order valence-corrected chi connectivity index (χ0v) is 11.6. The molecule has 0 saturated heterocycles. The molecule has 2 rings (SSSR count). The third kappa shape index (κ3) is 3.13. The molecule has 0 spiro atoms. The third-order valence-corrected chi connectivity index (χ3v) is 3.18. The summed E-state index contributed by atoms with van der Waals surface area (Å²) >= 11 is 3.23. The predicted octanol–water partition coefficient (Wildman–Crippen LogP) is 2.87. The molecule has 4 nitrogen and oxygen atoms in total. The normalized spacial score (nSPS) is 10.2. The van der Waals surface area contributed by atoms with Gasteiger partial charge in [0.15, 0.2) is 0 Å². The van der Waals surface area contributed by atoms with Crippen molar-refractivity contribution in [3.05, 3.63) is 58.1 Å². The number of hydrogen-bond donors (Lipinski definition) is 3. The molecule has 4 N–H and O–H groups in total. The van der Waals surface area contributed by atoms with Gasteiger partial charge >= 0.3 is 0 Å². The van der Waals surface area contributed by atoms with Gasteiger partial charge in [0.2, 0.25) is 0 Å². The van der Waals surface area contributed by atoms with Gasteiger partial charge in [0.05, 0.1) is 5.56 Å². The number of carbonyl (C=O) groups is 1. The molecular formula is C14H13BrN2O2. The first-order valence-corrected chi connectivity index (χ1v) is 6.49. The van der Waals surface area contributed by atoms with Crippen molar-refractivity contribution < 1.29 is 9.90 Å². The van der Waals surface area contributed by atoms with Gasteiger partial charge in [-0.2, -0.15) is 0 Å². The van der Waals surface area contributed by atoms with Crippen LogP contribution in [0.5, 0.6) is 5.75 Å². The summed E-state index contributed by atoms with van der Waals surface area (Å²) in [6.07, 6.45) is 0. The molecule has 0 aliphatic heterocycles. The number of benzene rings is 2. The van der Waals surface area contributed by atoms with Crippen molar-refractivity contribution in [1.82, 2.24) is 0 Å². The number of para-hydroxylation sites is 1. The van der Waals surface area contributed by atoms with Gasteiger partial charge in [-0.25, -0.2) is 0 Å². The molecule has 0 heterocycles. The van der Waals surface area contributed by atoms with Gasteiger partial charge in [-0.1, -0.05) is 34.1 Å². The fourth-order valence-corrected chi connectivity index (χ4v) is 2.06. The molecule has 0 bridgehead atoms. The molecule has 0 aromatic heterocycles. The number of phenolic OH excluding ortho intramolecular Hbond substituents is 1. The second-order valence-corrected chi connectivity index (χ2v) is 4.89. The van der Waals surface area contributed by atoms with Crippen LogP contribution in [0, 0.1) is 0 Å². The third-order valence-electron chi connectivity index (χ3n) is 2.69. The van der Waals surface area contributed by atoms with Crippen LogP contribution in [0.2, 0.25) is 0 Å². The Labute approximate surface area is 119 Å². The van der Waals surface area contributed by atoms with Crippen LogP contribution in [0.4, 0.5) is 5.69 Å². The van der Waals surface area contributed by atoms with Crippen molar-refractivity contribution in [3.63, 3.8) is 0 Å². The summed E-state index contributed by atoms with van der Waals surface area (Å²) in [4.78, 5) is 12.1. The quantitative estimate of drug-likeness (QED) is 0.814. The monoisotopic (exact) mass is 320 g/mol. The van der Waals surface area contributed by atoms with Crippen molar-refractivity contribution in [1.29, 1.82) is 0 Å². The van der Waals surface area contributed by atoms with E-state index in [9.17, 15) is 9.90 Å². The van der Waals surface area contributed by atoms with Crippen LogP contribution in [0.3, 0.4) is 0 Å². The van der Waals surface area contributed by atoms with Gasteiger partial charge in [-0.3, -0.25) is 4.79 Å². The number of amides is 1. The summed E-state index contributed by atoms with van der Waals surface area (Å²) in [6.45, 7) is 0.336. The summed E-state index contributed by atoms with van der Waals surface area (Å²) < 4.78 is 0.712. The fraction of sp³-hybridized carbons (Fsp3) is 0.0714. The topological polar surface area (TPSA) is 75.3 Å². The van der Waals surface area contributed by atoms with E-state index < -0.39 is 0 Å². The van der Waals surface area contributed by atoms with E-state index in [1.165, 1.54) is 6.07 Å². The van der Waals surface area contributed by atoms with Gasteiger partial charge in [-0.15, -0.1) is 0 Å². The van der Waals surface area contributed by atoms with Crippen molar-refractivity contribution in [2.45, 2.75) is 6.54 Å². The van der Waals surface area contributed by atoms with Crippen LogP contribution in [0.15, 0.2) is 46.9 Å². The number of nitrogens with two attached hydrogens (primary N) is 1. The predicted molar refractivity (Wildman–Crippen MR) is 78.1 cm³/mol. The Kier molecular flexibility index (Phi) is 4.19. The minimum atomic E-state index is -0.370. The summed E-state index contributed by atoms with van der Waals surface area (Å²) in [5, 5.41) is 12.5.